The second-order valence-corrected chi connectivity index (χ2v) is 7.67. The van der Waals surface area contributed by atoms with E-state index in [0.29, 0.717) is 6.42 Å². The van der Waals surface area contributed by atoms with Crippen molar-refractivity contribution in [2.24, 2.45) is 5.41 Å². The lowest BCUT2D eigenvalue weighted by Gasteiger charge is -2.26. The minimum atomic E-state index is -0.105. The average molecular weight is 300 g/mol. The third kappa shape index (κ3) is 2.62. The van der Waals surface area contributed by atoms with Crippen LogP contribution in [0.2, 0.25) is 0 Å². The molecule has 0 aromatic heterocycles. The lowest BCUT2D eigenvalue weighted by Crippen LogP contribution is -2.32. The summed E-state index contributed by atoms with van der Waals surface area (Å²) in [4.78, 5) is 26.4. The van der Waals surface area contributed by atoms with Crippen LogP contribution in [0.5, 0.6) is 0 Å². The van der Waals surface area contributed by atoms with Crippen molar-refractivity contribution in [3.8, 4) is 0 Å². The molecule has 3 rings (SSSR count). The zero-order chi connectivity index (χ0) is 16.1. The number of amides is 2. The molecule has 0 spiro atoms. The van der Waals surface area contributed by atoms with E-state index in [4.69, 9.17) is 0 Å². The highest BCUT2D eigenvalue weighted by molar-refractivity contribution is 6.06. The van der Waals surface area contributed by atoms with Gasteiger partial charge in [-0.25, -0.2) is 0 Å². The fourth-order valence-electron chi connectivity index (χ4n) is 3.45. The van der Waals surface area contributed by atoms with Crippen molar-refractivity contribution in [1.29, 1.82) is 0 Å². The normalized spacial score (nSPS) is 20.1. The Morgan fingerprint density at radius 3 is 2.77 bits per heavy atom. The summed E-state index contributed by atoms with van der Waals surface area (Å²) < 4.78 is 0. The Balaban J connectivity index is 1.90. The molecule has 1 N–H and O–H groups in total. The predicted molar refractivity (Wildman–Crippen MR) is 88.2 cm³/mol. The first-order chi connectivity index (χ1) is 10.3. The summed E-state index contributed by atoms with van der Waals surface area (Å²) in [6.07, 6.45) is 2.45. The van der Waals surface area contributed by atoms with Crippen LogP contribution in [-0.4, -0.2) is 18.4 Å². The summed E-state index contributed by atoms with van der Waals surface area (Å²) in [6.45, 7) is 8.93. The summed E-state index contributed by atoms with van der Waals surface area (Å²) >= 11 is 0. The Bertz CT molecular complexity index is 643. The molecule has 2 amide bonds. The third-order valence-corrected chi connectivity index (χ3v) is 4.39. The minimum Gasteiger partial charge on any atom is -0.326 e. The number of aryl methyl sites for hydroxylation is 1. The van der Waals surface area contributed by atoms with Gasteiger partial charge in [-0.1, -0.05) is 20.8 Å². The summed E-state index contributed by atoms with van der Waals surface area (Å²) in [5.41, 5.74) is 4.14. The molecule has 0 unspecified atom stereocenters. The minimum absolute atomic E-state index is 0.0318. The van der Waals surface area contributed by atoms with Gasteiger partial charge >= 0.3 is 0 Å². The fourth-order valence-corrected chi connectivity index (χ4v) is 3.45. The lowest BCUT2D eigenvalue weighted by molar-refractivity contribution is -0.119. The van der Waals surface area contributed by atoms with Gasteiger partial charge in [0.1, 0.15) is 0 Å². The highest BCUT2D eigenvalue weighted by Crippen LogP contribution is 2.44. The van der Waals surface area contributed by atoms with E-state index >= 15 is 0 Å². The van der Waals surface area contributed by atoms with Gasteiger partial charge in [-0.05, 0) is 48.4 Å². The number of benzene rings is 1. The van der Waals surface area contributed by atoms with Crippen molar-refractivity contribution < 1.29 is 9.59 Å². The van der Waals surface area contributed by atoms with E-state index in [9.17, 15) is 9.59 Å². The molecule has 2 aliphatic rings. The molecular formula is C18H24N2O2. The molecule has 0 fully saturated rings. The number of carbonyl (C=O) groups is 2. The summed E-state index contributed by atoms with van der Waals surface area (Å²) in [6, 6.07) is 4.02. The number of hydrogen-bond donors (Lipinski definition) is 1. The standard InChI is InChI=1S/C18H24N2O2/c1-11-14-9-13(19-15(21)10-18(2,3)4)8-12-6-5-7-20(16(12)14)17(11)22/h8-9,11H,5-7,10H2,1-4H3,(H,19,21)/t11-/m1/s1. The monoisotopic (exact) mass is 300 g/mol. The maximum absolute atomic E-state index is 12.3. The largest absolute Gasteiger partial charge is 0.326 e. The van der Waals surface area contributed by atoms with Gasteiger partial charge in [0.15, 0.2) is 0 Å². The molecule has 0 saturated heterocycles. The van der Waals surface area contributed by atoms with Crippen LogP contribution in [0.4, 0.5) is 11.4 Å². The molecule has 4 heteroatoms. The Hall–Kier alpha value is -1.84. The van der Waals surface area contributed by atoms with Crippen LogP contribution >= 0.6 is 0 Å². The molecule has 118 valence electrons. The van der Waals surface area contributed by atoms with Gasteiger partial charge in [0.25, 0.3) is 0 Å². The Kier molecular flexibility index (Phi) is 3.50. The molecule has 2 aliphatic heterocycles. The number of anilines is 2. The smallest absolute Gasteiger partial charge is 0.234 e. The first-order valence-electron chi connectivity index (χ1n) is 8.04. The van der Waals surface area contributed by atoms with Crippen LogP contribution in [-0.2, 0) is 16.0 Å². The van der Waals surface area contributed by atoms with Crippen LogP contribution < -0.4 is 10.2 Å². The van der Waals surface area contributed by atoms with Crippen LogP contribution in [0.1, 0.15) is 57.6 Å². The van der Waals surface area contributed by atoms with Crippen LogP contribution in [0, 0.1) is 5.41 Å². The molecule has 1 atom stereocenters. The van der Waals surface area contributed by atoms with Crippen molar-refractivity contribution >= 4 is 23.2 Å². The number of hydrogen-bond acceptors (Lipinski definition) is 2. The number of carbonyl (C=O) groups excluding carboxylic acids is 2. The predicted octanol–water partition coefficient (Wildman–Crippen LogP) is 3.46. The molecular weight excluding hydrogens is 276 g/mol. The highest BCUT2D eigenvalue weighted by atomic mass is 16.2. The first-order valence-corrected chi connectivity index (χ1v) is 8.04. The second-order valence-electron chi connectivity index (χ2n) is 7.67. The molecule has 1 aromatic carbocycles. The van der Waals surface area contributed by atoms with Crippen molar-refractivity contribution in [1.82, 2.24) is 0 Å². The third-order valence-electron chi connectivity index (χ3n) is 4.39. The van der Waals surface area contributed by atoms with E-state index in [0.717, 1.165) is 36.3 Å². The Labute approximate surface area is 131 Å². The maximum atomic E-state index is 12.3. The summed E-state index contributed by atoms with van der Waals surface area (Å²) in [5.74, 6) is 0.115. The van der Waals surface area contributed by atoms with Crippen LogP contribution in [0.3, 0.4) is 0 Å². The van der Waals surface area contributed by atoms with Gasteiger partial charge in [-0.3, -0.25) is 9.59 Å². The average Bonchev–Trinajstić information content (AvgIpc) is 2.64. The molecule has 4 nitrogen and oxygen atoms in total. The Morgan fingerprint density at radius 2 is 2.09 bits per heavy atom. The number of nitrogens with one attached hydrogen (secondary N) is 1. The van der Waals surface area contributed by atoms with Crippen molar-refractivity contribution in [2.75, 3.05) is 16.8 Å². The van der Waals surface area contributed by atoms with Crippen molar-refractivity contribution in [2.45, 2.75) is 52.9 Å². The van der Waals surface area contributed by atoms with Gasteiger partial charge < -0.3 is 10.2 Å². The molecule has 1 aromatic rings. The van der Waals surface area contributed by atoms with Crippen LogP contribution in [0.15, 0.2) is 12.1 Å². The van der Waals surface area contributed by atoms with E-state index < -0.39 is 0 Å². The fraction of sp³-hybridized carbons (Fsp3) is 0.556. The van der Waals surface area contributed by atoms with E-state index in [1.165, 1.54) is 5.56 Å². The van der Waals surface area contributed by atoms with Gasteiger partial charge in [0.2, 0.25) is 11.8 Å². The lowest BCUT2D eigenvalue weighted by atomic mass is 9.91. The van der Waals surface area contributed by atoms with E-state index in [1.807, 2.05) is 24.0 Å². The van der Waals surface area contributed by atoms with Gasteiger partial charge in [-0.2, -0.15) is 0 Å². The van der Waals surface area contributed by atoms with Crippen molar-refractivity contribution in [3.63, 3.8) is 0 Å². The molecule has 0 radical (unpaired) electrons. The van der Waals surface area contributed by atoms with E-state index in [2.05, 4.69) is 26.1 Å². The first kappa shape index (κ1) is 15.1. The molecule has 0 saturated carbocycles. The molecule has 2 heterocycles. The summed E-state index contributed by atoms with van der Waals surface area (Å²) in [5, 5.41) is 3.01. The molecule has 0 bridgehead atoms. The zero-order valence-electron chi connectivity index (χ0n) is 13.8. The molecule has 0 aliphatic carbocycles. The summed E-state index contributed by atoms with van der Waals surface area (Å²) in [7, 11) is 0. The van der Waals surface area contributed by atoms with E-state index in [1.54, 1.807) is 0 Å². The van der Waals surface area contributed by atoms with Gasteiger partial charge in [0, 0.05) is 18.7 Å². The number of nitrogens with zero attached hydrogens (tertiary/aromatic N) is 1. The van der Waals surface area contributed by atoms with Gasteiger partial charge in [0.05, 0.1) is 11.6 Å². The molecule has 22 heavy (non-hydrogen) atoms. The second kappa shape index (κ2) is 5.11. The SMILES string of the molecule is C[C@H]1C(=O)N2CCCc3cc(NC(=O)CC(C)(C)C)cc1c32. The maximum Gasteiger partial charge on any atom is 0.234 e. The highest BCUT2D eigenvalue weighted by Gasteiger charge is 2.37. The quantitative estimate of drug-likeness (QED) is 0.909. The Morgan fingerprint density at radius 1 is 1.36 bits per heavy atom. The zero-order valence-corrected chi connectivity index (χ0v) is 13.8. The van der Waals surface area contributed by atoms with Crippen molar-refractivity contribution in [3.05, 3.63) is 23.3 Å². The van der Waals surface area contributed by atoms with Gasteiger partial charge in [-0.15, -0.1) is 0 Å². The number of rotatable bonds is 2. The van der Waals surface area contributed by atoms with Crippen LogP contribution in [0.25, 0.3) is 0 Å². The topological polar surface area (TPSA) is 49.4 Å². The van der Waals surface area contributed by atoms with E-state index in [-0.39, 0.29) is 23.1 Å².